The average molecular weight is 262 g/mol. The van der Waals surface area contributed by atoms with Crippen LogP contribution in [0.3, 0.4) is 0 Å². The number of nitrogens with two attached hydrogens (primary N) is 1. The van der Waals surface area contributed by atoms with Crippen molar-refractivity contribution in [2.75, 3.05) is 17.7 Å². The highest BCUT2D eigenvalue weighted by Gasteiger charge is 2.17. The fourth-order valence-electron chi connectivity index (χ4n) is 1.57. The van der Waals surface area contributed by atoms with Gasteiger partial charge in [0.15, 0.2) is 0 Å². The lowest BCUT2D eigenvalue weighted by atomic mass is 10.2. The number of amides is 1. The molecule has 0 radical (unpaired) electrons. The molecule has 5 heteroatoms. The molecule has 2 aromatic rings. The second-order valence-corrected chi connectivity index (χ2v) is 4.20. The van der Waals surface area contributed by atoms with Crippen LogP contribution in [0.15, 0.2) is 42.6 Å². The van der Waals surface area contributed by atoms with E-state index in [2.05, 4.69) is 4.98 Å². The number of nitrogen functional groups attached to an aromatic ring is 1. The van der Waals surface area contributed by atoms with E-state index < -0.39 is 0 Å². The minimum Gasteiger partial charge on any atom is -0.384 e. The number of rotatable bonds is 2. The number of carbonyl (C=O) groups excluding carboxylic acids is 1. The summed E-state index contributed by atoms with van der Waals surface area (Å²) in [5, 5.41) is 0.289. The Balaban J connectivity index is 2.34. The predicted molar refractivity (Wildman–Crippen MR) is 72.8 cm³/mol. The number of pyridine rings is 1. The van der Waals surface area contributed by atoms with E-state index in [9.17, 15) is 4.79 Å². The number of aromatic nitrogens is 1. The zero-order chi connectivity index (χ0) is 13.1. The van der Waals surface area contributed by atoms with Crippen LogP contribution in [0.5, 0.6) is 0 Å². The third-order valence-electron chi connectivity index (χ3n) is 2.56. The van der Waals surface area contributed by atoms with E-state index in [1.165, 1.54) is 17.2 Å². The first-order valence-corrected chi connectivity index (χ1v) is 5.71. The van der Waals surface area contributed by atoms with E-state index in [1.807, 2.05) is 30.3 Å². The van der Waals surface area contributed by atoms with Gasteiger partial charge in [0, 0.05) is 18.9 Å². The van der Waals surface area contributed by atoms with Gasteiger partial charge in [-0.25, -0.2) is 4.98 Å². The van der Waals surface area contributed by atoms with Crippen LogP contribution < -0.4 is 10.6 Å². The van der Waals surface area contributed by atoms with Crippen LogP contribution in [0, 0.1) is 0 Å². The molecule has 18 heavy (non-hydrogen) atoms. The highest BCUT2D eigenvalue weighted by molar-refractivity contribution is 6.34. The molecule has 1 aromatic heterocycles. The summed E-state index contributed by atoms with van der Waals surface area (Å²) in [7, 11) is 1.69. The Morgan fingerprint density at radius 2 is 2.00 bits per heavy atom. The van der Waals surface area contributed by atoms with Crippen molar-refractivity contribution in [3.8, 4) is 0 Å². The van der Waals surface area contributed by atoms with Gasteiger partial charge in [-0.3, -0.25) is 4.79 Å². The molecule has 0 spiro atoms. The summed E-state index contributed by atoms with van der Waals surface area (Å²) in [6.07, 6.45) is 1.38. The minimum atomic E-state index is -0.222. The number of para-hydroxylation sites is 1. The van der Waals surface area contributed by atoms with Crippen molar-refractivity contribution in [2.45, 2.75) is 0 Å². The predicted octanol–water partition coefficient (Wildman–Crippen LogP) is 2.59. The van der Waals surface area contributed by atoms with Gasteiger partial charge in [-0.2, -0.15) is 0 Å². The zero-order valence-corrected chi connectivity index (χ0v) is 10.6. The lowest BCUT2D eigenvalue weighted by Gasteiger charge is -2.17. The first kappa shape index (κ1) is 12.4. The number of nitrogens with zero attached hydrogens (tertiary/aromatic N) is 2. The molecule has 0 atom stereocenters. The minimum absolute atomic E-state index is 0.222. The van der Waals surface area contributed by atoms with Crippen LogP contribution in [-0.4, -0.2) is 17.9 Å². The molecular formula is C13H12ClN3O. The Morgan fingerprint density at radius 1 is 1.33 bits per heavy atom. The van der Waals surface area contributed by atoms with Gasteiger partial charge in [-0.1, -0.05) is 29.8 Å². The SMILES string of the molecule is CN(C(=O)c1cc(N)ncc1Cl)c1ccccc1. The summed E-state index contributed by atoms with van der Waals surface area (Å²) < 4.78 is 0. The Hall–Kier alpha value is -2.07. The van der Waals surface area contributed by atoms with Gasteiger partial charge in [0.1, 0.15) is 5.82 Å². The first-order chi connectivity index (χ1) is 8.59. The van der Waals surface area contributed by atoms with Crippen molar-refractivity contribution in [1.29, 1.82) is 0 Å². The van der Waals surface area contributed by atoms with E-state index in [4.69, 9.17) is 17.3 Å². The van der Waals surface area contributed by atoms with Gasteiger partial charge >= 0.3 is 0 Å². The summed E-state index contributed by atoms with van der Waals surface area (Å²) in [4.78, 5) is 17.6. The second kappa shape index (κ2) is 5.06. The molecule has 1 heterocycles. The van der Waals surface area contributed by atoms with Crippen molar-refractivity contribution in [3.63, 3.8) is 0 Å². The highest BCUT2D eigenvalue weighted by atomic mass is 35.5. The van der Waals surface area contributed by atoms with E-state index in [0.717, 1.165) is 5.69 Å². The van der Waals surface area contributed by atoms with E-state index in [-0.39, 0.29) is 16.7 Å². The standard InChI is InChI=1S/C13H12ClN3O/c1-17(9-5-3-2-4-6-9)13(18)10-7-12(15)16-8-11(10)14/h2-8H,1H3,(H2,15,16). The second-order valence-electron chi connectivity index (χ2n) is 3.79. The maximum Gasteiger partial charge on any atom is 0.259 e. The highest BCUT2D eigenvalue weighted by Crippen LogP contribution is 2.21. The van der Waals surface area contributed by atoms with E-state index in [1.54, 1.807) is 7.05 Å². The molecule has 0 aliphatic carbocycles. The number of benzene rings is 1. The monoisotopic (exact) mass is 261 g/mol. The summed E-state index contributed by atoms with van der Waals surface area (Å²) in [6.45, 7) is 0. The van der Waals surface area contributed by atoms with Gasteiger partial charge in [-0.05, 0) is 18.2 Å². The van der Waals surface area contributed by atoms with Crippen molar-refractivity contribution in [1.82, 2.24) is 4.98 Å². The Labute approximate surface area is 110 Å². The van der Waals surface area contributed by atoms with Crippen LogP contribution in [0.2, 0.25) is 5.02 Å². The van der Waals surface area contributed by atoms with Crippen LogP contribution in [-0.2, 0) is 0 Å². The normalized spacial score (nSPS) is 10.1. The Kier molecular flexibility index (Phi) is 3.48. The summed E-state index contributed by atoms with van der Waals surface area (Å²) in [6, 6.07) is 10.8. The van der Waals surface area contributed by atoms with E-state index in [0.29, 0.717) is 5.56 Å². The van der Waals surface area contributed by atoms with Gasteiger partial charge in [-0.15, -0.1) is 0 Å². The largest absolute Gasteiger partial charge is 0.384 e. The van der Waals surface area contributed by atoms with Gasteiger partial charge in [0.2, 0.25) is 0 Å². The molecule has 0 unspecified atom stereocenters. The maximum atomic E-state index is 12.3. The van der Waals surface area contributed by atoms with E-state index >= 15 is 0 Å². The fraction of sp³-hybridized carbons (Fsp3) is 0.0769. The molecule has 2 N–H and O–H groups in total. The summed E-state index contributed by atoms with van der Waals surface area (Å²) in [5.74, 6) is 0.0458. The van der Waals surface area contributed by atoms with Crippen LogP contribution >= 0.6 is 11.6 Å². The third kappa shape index (κ3) is 2.43. The molecule has 0 saturated heterocycles. The molecular weight excluding hydrogens is 250 g/mol. The van der Waals surface area contributed by atoms with Crippen molar-refractivity contribution in [3.05, 3.63) is 53.2 Å². The number of carbonyl (C=O) groups is 1. The lowest BCUT2D eigenvalue weighted by Crippen LogP contribution is -2.26. The molecule has 4 nitrogen and oxygen atoms in total. The molecule has 2 rings (SSSR count). The average Bonchev–Trinajstić information content (AvgIpc) is 2.41. The summed E-state index contributed by atoms with van der Waals surface area (Å²) >= 11 is 5.96. The number of anilines is 2. The smallest absolute Gasteiger partial charge is 0.259 e. The lowest BCUT2D eigenvalue weighted by molar-refractivity contribution is 0.0993. The van der Waals surface area contributed by atoms with Gasteiger partial charge < -0.3 is 10.6 Å². The van der Waals surface area contributed by atoms with Gasteiger partial charge in [0.05, 0.1) is 10.6 Å². The molecule has 0 fully saturated rings. The first-order valence-electron chi connectivity index (χ1n) is 5.33. The van der Waals surface area contributed by atoms with Crippen molar-refractivity contribution >= 4 is 29.0 Å². The number of hydrogen-bond donors (Lipinski definition) is 1. The summed E-state index contributed by atoms with van der Waals surface area (Å²) in [5.41, 5.74) is 6.69. The van der Waals surface area contributed by atoms with Gasteiger partial charge in [0.25, 0.3) is 5.91 Å². The van der Waals surface area contributed by atoms with Crippen LogP contribution in [0.25, 0.3) is 0 Å². The van der Waals surface area contributed by atoms with Crippen molar-refractivity contribution < 1.29 is 4.79 Å². The maximum absolute atomic E-state index is 12.3. The Bertz CT molecular complexity index is 572. The molecule has 1 amide bonds. The quantitative estimate of drug-likeness (QED) is 0.904. The number of halogens is 1. The molecule has 0 saturated carbocycles. The molecule has 0 aliphatic rings. The fourth-order valence-corrected chi connectivity index (χ4v) is 1.75. The zero-order valence-electron chi connectivity index (χ0n) is 9.80. The molecule has 0 bridgehead atoms. The topological polar surface area (TPSA) is 59.2 Å². The van der Waals surface area contributed by atoms with Crippen LogP contribution in [0.1, 0.15) is 10.4 Å². The molecule has 0 aliphatic heterocycles. The van der Waals surface area contributed by atoms with Crippen molar-refractivity contribution in [2.24, 2.45) is 0 Å². The Morgan fingerprint density at radius 3 is 2.67 bits per heavy atom. The van der Waals surface area contributed by atoms with Crippen LogP contribution in [0.4, 0.5) is 11.5 Å². The molecule has 92 valence electrons. The molecule has 1 aromatic carbocycles. The number of hydrogen-bond acceptors (Lipinski definition) is 3. The third-order valence-corrected chi connectivity index (χ3v) is 2.86.